The highest BCUT2D eigenvalue weighted by Crippen LogP contribution is 2.53. The first-order valence-electron chi connectivity index (χ1n) is 14.5. The van der Waals surface area contributed by atoms with Crippen LogP contribution in [0.5, 0.6) is 0 Å². The summed E-state index contributed by atoms with van der Waals surface area (Å²) in [7, 11) is 0. The summed E-state index contributed by atoms with van der Waals surface area (Å²) in [6.07, 6.45) is -0.735. The molecule has 0 saturated heterocycles. The van der Waals surface area contributed by atoms with Crippen LogP contribution in [0.25, 0.3) is 4.85 Å². The number of nitrogens with zero attached hydrogens (tertiary/aromatic N) is 2. The molecule has 4 heteroatoms. The van der Waals surface area contributed by atoms with Crippen molar-refractivity contribution in [1.29, 1.82) is 0 Å². The minimum atomic E-state index is -2.57. The lowest BCUT2D eigenvalue weighted by Crippen LogP contribution is -2.36. The lowest BCUT2D eigenvalue weighted by Gasteiger charge is -2.37. The van der Waals surface area contributed by atoms with Gasteiger partial charge in [-0.25, -0.2) is 9.24 Å². The van der Waals surface area contributed by atoms with Crippen LogP contribution in [0.4, 0.5) is 10.1 Å². The first kappa shape index (κ1) is 14.8. The van der Waals surface area contributed by atoms with Crippen molar-refractivity contribution >= 4 is 5.69 Å². The second-order valence-electron chi connectivity index (χ2n) is 8.77. The first-order valence-corrected chi connectivity index (χ1v) is 10.5. The van der Waals surface area contributed by atoms with E-state index >= 15 is 0 Å². The maximum absolute atomic E-state index is 14.9. The molecular formula is C27H35FN2O. The molecule has 2 aromatic carbocycles. The van der Waals surface area contributed by atoms with Gasteiger partial charge in [-0.1, -0.05) is 25.1 Å². The molecule has 2 aromatic rings. The Morgan fingerprint density at radius 3 is 2.58 bits per heavy atom. The van der Waals surface area contributed by atoms with Crippen LogP contribution in [0.1, 0.15) is 84.6 Å². The van der Waals surface area contributed by atoms with Gasteiger partial charge in [-0.3, -0.25) is 0 Å². The Hall–Kier alpha value is -2.22. The third-order valence-electron chi connectivity index (χ3n) is 6.13. The molecule has 1 aliphatic heterocycles. The quantitative estimate of drug-likeness (QED) is 0.459. The number of fused-ring (bicyclic) bond motifs is 1. The summed E-state index contributed by atoms with van der Waals surface area (Å²) >= 11 is 0. The molecule has 2 unspecified atom stereocenters. The molecular weight excluding hydrogens is 387 g/mol. The summed E-state index contributed by atoms with van der Waals surface area (Å²) in [4.78, 5) is 4.56. The number of halogens is 1. The molecule has 0 fully saturated rings. The molecule has 1 heterocycles. The summed E-state index contributed by atoms with van der Waals surface area (Å²) in [6, 6.07) is -2.59. The van der Waals surface area contributed by atoms with E-state index in [1.165, 1.54) is 20.8 Å². The molecule has 0 saturated carbocycles. The Morgan fingerprint density at radius 1 is 1.26 bits per heavy atom. The van der Waals surface area contributed by atoms with Crippen LogP contribution >= 0.6 is 0 Å². The van der Waals surface area contributed by atoms with Gasteiger partial charge in [-0.15, -0.1) is 0 Å². The van der Waals surface area contributed by atoms with E-state index in [0.29, 0.717) is 11.1 Å². The van der Waals surface area contributed by atoms with E-state index in [2.05, 4.69) is 4.85 Å². The zero-order valence-electron chi connectivity index (χ0n) is 27.2. The molecule has 3 rings (SSSR count). The normalized spacial score (nSPS) is 25.9. The minimum Gasteiger partial charge on any atom is -0.358 e. The fourth-order valence-corrected chi connectivity index (χ4v) is 4.30. The van der Waals surface area contributed by atoms with Gasteiger partial charge in [0.2, 0.25) is 0 Å². The molecule has 0 bridgehead atoms. The van der Waals surface area contributed by atoms with Gasteiger partial charge in [0, 0.05) is 19.4 Å². The molecule has 0 N–H and O–H groups in total. The number of rotatable bonds is 6. The maximum atomic E-state index is 14.9. The van der Waals surface area contributed by atoms with Crippen LogP contribution in [0, 0.1) is 39.1 Å². The largest absolute Gasteiger partial charge is 0.358 e. The van der Waals surface area contributed by atoms with E-state index < -0.39 is 48.5 Å². The van der Waals surface area contributed by atoms with E-state index in [1.807, 2.05) is 0 Å². The van der Waals surface area contributed by atoms with Crippen LogP contribution in [-0.2, 0) is 10.3 Å². The standard InChI is InChI=1S/C27H35FN2O/c1-16(2)30(9)15-17(3)14-27(23-10-11-25(28)20(6)19(23)5)24-12-18(4)26(29-8)13-22(24)21(7)31-27/h10-13,16-17,21H,14-15H2,1-7,9H3/t17?,21?,27-/m0/s1/i9D3,10D,11D,12D,13D,16D. The summed E-state index contributed by atoms with van der Waals surface area (Å²) in [5.41, 5.74) is 0.0365. The highest BCUT2D eigenvalue weighted by molar-refractivity contribution is 5.61. The van der Waals surface area contributed by atoms with Crippen LogP contribution in [-0.4, -0.2) is 24.4 Å². The van der Waals surface area contributed by atoms with Crippen LogP contribution in [0.15, 0.2) is 24.2 Å². The van der Waals surface area contributed by atoms with Gasteiger partial charge >= 0.3 is 0 Å². The third-order valence-corrected chi connectivity index (χ3v) is 6.13. The molecule has 0 aromatic heterocycles. The third kappa shape index (κ3) is 4.14. The van der Waals surface area contributed by atoms with Gasteiger partial charge in [-0.2, -0.15) is 0 Å². The molecule has 1 aliphatic rings. The zero-order valence-corrected chi connectivity index (χ0v) is 19.2. The molecule has 31 heavy (non-hydrogen) atoms. The topological polar surface area (TPSA) is 16.8 Å². The van der Waals surface area contributed by atoms with Crippen LogP contribution in [0.3, 0.4) is 0 Å². The molecule has 3 atom stereocenters. The number of hydrogen-bond donors (Lipinski definition) is 0. The molecule has 0 aliphatic carbocycles. The van der Waals surface area contributed by atoms with E-state index in [9.17, 15) is 4.39 Å². The van der Waals surface area contributed by atoms with Crippen molar-refractivity contribution < 1.29 is 20.1 Å². The minimum absolute atomic E-state index is 0.0295. The van der Waals surface area contributed by atoms with E-state index in [-0.39, 0.29) is 53.0 Å². The van der Waals surface area contributed by atoms with E-state index in [0.717, 1.165) is 4.90 Å². The first-order chi connectivity index (χ1) is 17.7. The smallest absolute Gasteiger partial charge is 0.190 e. The SMILES string of the molecule is [2H]c1c([2H])c([C@]2(CC(C)CN(C([2H])([2H])[2H])C([2H])(C)C)OC(C)c3c([2H])c([N+]#[C-])c(C)c([2H])c32)c(C)c(C)c1F. The Kier molecular flexibility index (Phi) is 4.16. The van der Waals surface area contributed by atoms with Crippen molar-refractivity contribution in [3.8, 4) is 0 Å². The lowest BCUT2D eigenvalue weighted by atomic mass is 9.76. The van der Waals surface area contributed by atoms with Crippen LogP contribution < -0.4 is 0 Å². The van der Waals surface area contributed by atoms with Gasteiger partial charge in [0.15, 0.2) is 5.69 Å². The van der Waals surface area contributed by atoms with Gasteiger partial charge in [0.25, 0.3) is 0 Å². The second kappa shape index (κ2) is 8.73. The fraction of sp³-hybridized carbons (Fsp3) is 0.519. The predicted octanol–water partition coefficient (Wildman–Crippen LogP) is 7.00. The van der Waals surface area contributed by atoms with Crippen molar-refractivity contribution in [2.75, 3.05) is 13.5 Å². The van der Waals surface area contributed by atoms with Crippen LogP contribution in [0.2, 0.25) is 0 Å². The molecule has 0 amide bonds. The van der Waals surface area contributed by atoms with E-state index in [4.69, 9.17) is 22.3 Å². The predicted molar refractivity (Wildman–Crippen MR) is 125 cm³/mol. The van der Waals surface area contributed by atoms with Gasteiger partial charge in [0.1, 0.15) is 11.4 Å². The fourth-order valence-electron chi connectivity index (χ4n) is 4.30. The highest BCUT2D eigenvalue weighted by Gasteiger charge is 2.47. The zero-order chi connectivity index (χ0) is 30.0. The summed E-state index contributed by atoms with van der Waals surface area (Å²) in [6.45, 7) is 16.1. The van der Waals surface area contributed by atoms with Gasteiger partial charge in [-0.05, 0) is 100 Å². The van der Waals surface area contributed by atoms with Gasteiger partial charge in [0.05, 0.1) is 16.8 Å². The average Bonchev–Trinajstić information content (AvgIpc) is 3.09. The summed E-state index contributed by atoms with van der Waals surface area (Å²) < 4.78 is 88.9. The summed E-state index contributed by atoms with van der Waals surface area (Å²) in [5.74, 6) is -1.31. The molecule has 3 nitrogen and oxygen atoms in total. The second-order valence-corrected chi connectivity index (χ2v) is 8.77. The van der Waals surface area contributed by atoms with Crippen molar-refractivity contribution in [2.24, 2.45) is 5.92 Å². The monoisotopic (exact) mass is 430 g/mol. The van der Waals surface area contributed by atoms with E-state index in [1.54, 1.807) is 27.7 Å². The van der Waals surface area contributed by atoms with Crippen molar-refractivity contribution in [1.82, 2.24) is 4.90 Å². The number of ether oxygens (including phenoxy) is 1. The molecule has 0 spiro atoms. The lowest BCUT2D eigenvalue weighted by molar-refractivity contribution is -0.0567. The Bertz CT molecular complexity index is 1320. The highest BCUT2D eigenvalue weighted by atomic mass is 19.1. The maximum Gasteiger partial charge on any atom is 0.190 e. The van der Waals surface area contributed by atoms with Crippen molar-refractivity contribution in [2.45, 2.75) is 72.6 Å². The molecule has 0 radical (unpaired) electrons. The Morgan fingerprint density at radius 2 is 1.97 bits per heavy atom. The number of benzene rings is 2. The number of hydrogen-bond acceptors (Lipinski definition) is 2. The molecule has 166 valence electrons. The Labute approximate surface area is 198 Å². The van der Waals surface area contributed by atoms with Crippen molar-refractivity contribution in [3.05, 3.63) is 74.8 Å². The van der Waals surface area contributed by atoms with Gasteiger partial charge < -0.3 is 9.64 Å². The Balaban J connectivity index is 2.40. The van der Waals surface area contributed by atoms with Crippen molar-refractivity contribution in [3.63, 3.8) is 0 Å². The average molecular weight is 431 g/mol. The summed E-state index contributed by atoms with van der Waals surface area (Å²) in [5, 5.41) is 0.